The Morgan fingerprint density at radius 2 is 1.60 bits per heavy atom. The molecule has 0 aromatic carbocycles. The number of amides is 2. The van der Waals surface area contributed by atoms with Crippen molar-refractivity contribution < 1.29 is 9.59 Å². The first kappa shape index (κ1) is 18.4. The third kappa shape index (κ3) is 4.52. The molecule has 20 heavy (non-hydrogen) atoms. The van der Waals surface area contributed by atoms with Crippen molar-refractivity contribution in [2.45, 2.75) is 53.4 Å². The molecule has 0 spiro atoms. The van der Waals surface area contributed by atoms with Crippen molar-refractivity contribution in [3.8, 4) is 6.07 Å². The van der Waals surface area contributed by atoms with E-state index in [-0.39, 0.29) is 18.4 Å². The molecule has 0 radical (unpaired) electrons. The van der Waals surface area contributed by atoms with Gasteiger partial charge in [0.2, 0.25) is 11.8 Å². The highest BCUT2D eigenvalue weighted by Gasteiger charge is 2.38. The van der Waals surface area contributed by atoms with E-state index in [1.54, 1.807) is 20.9 Å². The van der Waals surface area contributed by atoms with Gasteiger partial charge in [-0.15, -0.1) is 0 Å². The maximum absolute atomic E-state index is 12.4. The molecule has 5 nitrogen and oxygen atoms in total. The Morgan fingerprint density at radius 1 is 1.10 bits per heavy atom. The molecule has 0 saturated heterocycles. The first-order chi connectivity index (χ1) is 9.29. The Kier molecular flexibility index (Phi) is 7.26. The second kappa shape index (κ2) is 7.88. The average molecular weight is 281 g/mol. The number of nitrogens with one attached hydrogen (secondary N) is 2. The normalized spacial score (nSPS) is 11.6. The summed E-state index contributed by atoms with van der Waals surface area (Å²) in [5.74, 6) is -0.396. The first-order valence-electron chi connectivity index (χ1n) is 7.21. The van der Waals surface area contributed by atoms with Crippen molar-refractivity contribution in [3.05, 3.63) is 0 Å². The minimum absolute atomic E-state index is 0.133. The molecule has 0 aliphatic carbocycles. The van der Waals surface area contributed by atoms with Crippen LogP contribution in [0.4, 0.5) is 0 Å². The number of nitriles is 1. The second-order valence-electron chi connectivity index (χ2n) is 5.84. The van der Waals surface area contributed by atoms with E-state index in [4.69, 9.17) is 0 Å². The quantitative estimate of drug-likeness (QED) is 0.713. The molecule has 114 valence electrons. The van der Waals surface area contributed by atoms with Gasteiger partial charge in [-0.1, -0.05) is 26.7 Å². The van der Waals surface area contributed by atoms with Gasteiger partial charge in [0.05, 0.1) is 11.5 Å². The van der Waals surface area contributed by atoms with E-state index in [9.17, 15) is 14.9 Å². The van der Waals surface area contributed by atoms with Crippen molar-refractivity contribution in [1.29, 1.82) is 5.26 Å². The SMILES string of the molecule is CCCC(C#N)(CCC)C(=O)NCC(C)(C)C(=O)NC. The fourth-order valence-electron chi connectivity index (χ4n) is 2.26. The van der Waals surface area contributed by atoms with Crippen LogP contribution in [-0.2, 0) is 9.59 Å². The maximum atomic E-state index is 12.4. The van der Waals surface area contributed by atoms with Crippen LogP contribution in [0.1, 0.15) is 53.4 Å². The summed E-state index contributed by atoms with van der Waals surface area (Å²) in [5, 5.41) is 14.8. The minimum Gasteiger partial charge on any atom is -0.359 e. The van der Waals surface area contributed by atoms with Gasteiger partial charge in [-0.2, -0.15) is 5.26 Å². The van der Waals surface area contributed by atoms with Crippen LogP contribution in [0.25, 0.3) is 0 Å². The minimum atomic E-state index is -0.970. The molecular formula is C15H27N3O2. The molecule has 2 amide bonds. The molecule has 0 aromatic heterocycles. The third-order valence-corrected chi connectivity index (χ3v) is 3.53. The predicted octanol–water partition coefficient (Wildman–Crippen LogP) is 1.98. The lowest BCUT2D eigenvalue weighted by atomic mass is 9.79. The number of carbonyl (C=O) groups is 2. The van der Waals surface area contributed by atoms with Crippen molar-refractivity contribution >= 4 is 11.8 Å². The van der Waals surface area contributed by atoms with Gasteiger partial charge in [0, 0.05) is 13.6 Å². The molecule has 2 N–H and O–H groups in total. The van der Waals surface area contributed by atoms with Gasteiger partial charge in [-0.25, -0.2) is 0 Å². The topological polar surface area (TPSA) is 82.0 Å². The van der Waals surface area contributed by atoms with Crippen LogP contribution < -0.4 is 10.6 Å². The molecule has 0 bridgehead atoms. The molecule has 0 aromatic rings. The average Bonchev–Trinajstić information content (AvgIpc) is 2.43. The maximum Gasteiger partial charge on any atom is 0.240 e. The summed E-state index contributed by atoms with van der Waals surface area (Å²) in [4.78, 5) is 24.1. The highest BCUT2D eigenvalue weighted by atomic mass is 16.2. The Bertz CT molecular complexity index is 377. The summed E-state index contributed by atoms with van der Waals surface area (Å²) < 4.78 is 0. The Hall–Kier alpha value is -1.57. The van der Waals surface area contributed by atoms with Gasteiger partial charge in [-0.05, 0) is 26.7 Å². The standard InChI is InChI=1S/C15H27N3O2/c1-6-8-15(10-16,9-7-2)13(20)18-11-14(3,4)12(19)17-5/h6-9,11H2,1-5H3,(H,17,19)(H,18,20). The van der Waals surface area contributed by atoms with Crippen LogP contribution in [0.2, 0.25) is 0 Å². The van der Waals surface area contributed by atoms with E-state index in [1.165, 1.54) is 0 Å². The van der Waals surface area contributed by atoms with Gasteiger partial charge in [0.15, 0.2) is 0 Å². The molecular weight excluding hydrogens is 254 g/mol. The predicted molar refractivity (Wildman–Crippen MR) is 78.7 cm³/mol. The van der Waals surface area contributed by atoms with Gasteiger partial charge in [0.1, 0.15) is 5.41 Å². The Labute approximate surface area is 122 Å². The van der Waals surface area contributed by atoms with E-state index in [2.05, 4.69) is 16.7 Å². The molecule has 0 aliphatic rings. The first-order valence-corrected chi connectivity index (χ1v) is 7.21. The van der Waals surface area contributed by atoms with Crippen LogP contribution in [0, 0.1) is 22.2 Å². The smallest absolute Gasteiger partial charge is 0.240 e. The second-order valence-corrected chi connectivity index (χ2v) is 5.84. The number of hydrogen-bond acceptors (Lipinski definition) is 3. The molecule has 0 aliphatic heterocycles. The van der Waals surface area contributed by atoms with E-state index in [0.717, 1.165) is 12.8 Å². The van der Waals surface area contributed by atoms with Crippen molar-refractivity contribution in [3.63, 3.8) is 0 Å². The lowest BCUT2D eigenvalue weighted by Crippen LogP contribution is -2.48. The zero-order valence-electron chi connectivity index (χ0n) is 13.3. The molecule has 0 unspecified atom stereocenters. The van der Waals surface area contributed by atoms with E-state index in [1.807, 2.05) is 13.8 Å². The third-order valence-electron chi connectivity index (χ3n) is 3.53. The van der Waals surface area contributed by atoms with Crippen LogP contribution >= 0.6 is 0 Å². The van der Waals surface area contributed by atoms with E-state index < -0.39 is 10.8 Å². The van der Waals surface area contributed by atoms with E-state index in [0.29, 0.717) is 12.8 Å². The molecule has 0 heterocycles. The highest BCUT2D eigenvalue weighted by Crippen LogP contribution is 2.29. The van der Waals surface area contributed by atoms with Crippen molar-refractivity contribution in [2.24, 2.45) is 10.8 Å². The Balaban J connectivity index is 4.87. The molecule has 0 atom stereocenters. The largest absolute Gasteiger partial charge is 0.359 e. The van der Waals surface area contributed by atoms with E-state index >= 15 is 0 Å². The highest BCUT2D eigenvalue weighted by molar-refractivity contribution is 5.87. The number of nitrogens with zero attached hydrogens (tertiary/aromatic N) is 1. The van der Waals surface area contributed by atoms with Gasteiger partial charge < -0.3 is 10.6 Å². The molecule has 0 saturated carbocycles. The summed E-state index contributed by atoms with van der Waals surface area (Å²) in [7, 11) is 1.57. The lowest BCUT2D eigenvalue weighted by Gasteiger charge is -2.28. The summed E-state index contributed by atoms with van der Waals surface area (Å²) in [6.07, 6.45) is 2.65. The fourth-order valence-corrected chi connectivity index (χ4v) is 2.26. The molecule has 0 rings (SSSR count). The van der Waals surface area contributed by atoms with Gasteiger partial charge in [0.25, 0.3) is 0 Å². The molecule has 5 heteroatoms. The number of rotatable bonds is 8. The summed E-state index contributed by atoms with van der Waals surface area (Å²) in [5.41, 5.74) is -1.66. The molecule has 0 fully saturated rings. The van der Waals surface area contributed by atoms with Crippen LogP contribution in [0.3, 0.4) is 0 Å². The van der Waals surface area contributed by atoms with Crippen LogP contribution in [0.15, 0.2) is 0 Å². The number of hydrogen-bond donors (Lipinski definition) is 2. The fraction of sp³-hybridized carbons (Fsp3) is 0.800. The van der Waals surface area contributed by atoms with Crippen LogP contribution in [0.5, 0.6) is 0 Å². The summed E-state index contributed by atoms with van der Waals surface area (Å²) in [6.45, 7) is 7.68. The Morgan fingerprint density at radius 3 is 1.95 bits per heavy atom. The van der Waals surface area contributed by atoms with Gasteiger partial charge in [-0.3, -0.25) is 9.59 Å². The zero-order valence-corrected chi connectivity index (χ0v) is 13.3. The van der Waals surface area contributed by atoms with Crippen molar-refractivity contribution in [1.82, 2.24) is 10.6 Å². The zero-order chi connectivity index (χ0) is 15.8. The summed E-state index contributed by atoms with van der Waals surface area (Å²) >= 11 is 0. The lowest BCUT2D eigenvalue weighted by molar-refractivity contribution is -0.132. The number of carbonyl (C=O) groups excluding carboxylic acids is 2. The van der Waals surface area contributed by atoms with Crippen molar-refractivity contribution in [2.75, 3.05) is 13.6 Å². The van der Waals surface area contributed by atoms with Crippen LogP contribution in [-0.4, -0.2) is 25.4 Å². The van der Waals surface area contributed by atoms with Gasteiger partial charge >= 0.3 is 0 Å². The monoisotopic (exact) mass is 281 g/mol. The summed E-state index contributed by atoms with van der Waals surface area (Å²) in [6, 6.07) is 2.18.